The van der Waals surface area contributed by atoms with Gasteiger partial charge in [-0.25, -0.2) is 0 Å². The van der Waals surface area contributed by atoms with E-state index in [0.717, 1.165) is 0 Å². The molecule has 15 heavy (non-hydrogen) atoms. The summed E-state index contributed by atoms with van der Waals surface area (Å²) in [5.74, 6) is 0. The van der Waals surface area contributed by atoms with Crippen LogP contribution in [-0.2, 0) is 0 Å². The van der Waals surface area contributed by atoms with Gasteiger partial charge in [0.25, 0.3) is 0 Å². The van der Waals surface area contributed by atoms with Crippen LogP contribution in [-0.4, -0.2) is 57.2 Å². The van der Waals surface area contributed by atoms with E-state index in [1.54, 1.807) is 0 Å². The van der Waals surface area contributed by atoms with Crippen molar-refractivity contribution in [2.45, 2.75) is 32.6 Å². The fraction of sp³-hybridized carbons (Fsp3) is 1.00. The molecule has 0 amide bonds. The average molecular weight is 281 g/mol. The third-order valence-electron chi connectivity index (χ3n) is 2.97. The maximum Gasteiger partial charge on any atom is 0.0782 e. The van der Waals surface area contributed by atoms with Gasteiger partial charge in [-0.15, -0.1) is 0 Å². The van der Waals surface area contributed by atoms with Crippen molar-refractivity contribution in [1.82, 2.24) is 4.90 Å². The largest absolute Gasteiger partial charge is 1.00 e. The predicted molar refractivity (Wildman–Crippen MR) is 64.5 cm³/mol. The molecule has 0 saturated carbocycles. The van der Waals surface area contributed by atoms with Crippen LogP contribution in [0.4, 0.5) is 0 Å². The van der Waals surface area contributed by atoms with Crippen LogP contribution in [0.15, 0.2) is 0 Å². The number of halogens is 1. The number of unbranched alkanes of at least 4 members (excludes halogenated alkanes) is 3. The fourth-order valence-corrected chi connectivity index (χ4v) is 1.48. The van der Waals surface area contributed by atoms with Crippen molar-refractivity contribution in [3.8, 4) is 0 Å². The van der Waals surface area contributed by atoms with Gasteiger partial charge in [0.15, 0.2) is 0 Å². The van der Waals surface area contributed by atoms with Crippen molar-refractivity contribution >= 4 is 0 Å². The summed E-state index contributed by atoms with van der Waals surface area (Å²) in [6, 6.07) is 0. The molecule has 94 valence electrons. The third-order valence-corrected chi connectivity index (χ3v) is 2.97. The monoisotopic (exact) mass is 280 g/mol. The molecule has 0 N–H and O–H groups in total. The van der Waals surface area contributed by atoms with Crippen molar-refractivity contribution in [2.75, 3.05) is 47.8 Å². The number of nitrogens with zero attached hydrogens (tertiary/aromatic N) is 2. The lowest BCUT2D eigenvalue weighted by atomic mass is 10.2. The molecular formula is C12H29BrN2. The molecule has 0 aromatic rings. The summed E-state index contributed by atoms with van der Waals surface area (Å²) in [5, 5.41) is 0. The standard InChI is InChI=1S/C12H29N2.BrH/c1-6-14(4,5)12-10-8-7-9-11-13(2)3;/h6-12H2,1-5H3;1H/q+1;/p-1. The van der Waals surface area contributed by atoms with E-state index in [1.165, 1.54) is 49.8 Å². The highest BCUT2D eigenvalue weighted by Gasteiger charge is 2.09. The third kappa shape index (κ3) is 12.3. The summed E-state index contributed by atoms with van der Waals surface area (Å²) in [6.45, 7) is 6.09. The van der Waals surface area contributed by atoms with Crippen LogP contribution in [0.2, 0.25) is 0 Å². The molecule has 0 rings (SSSR count). The zero-order valence-electron chi connectivity index (χ0n) is 11.2. The van der Waals surface area contributed by atoms with Gasteiger partial charge in [0, 0.05) is 0 Å². The van der Waals surface area contributed by atoms with Crippen molar-refractivity contribution < 1.29 is 21.5 Å². The van der Waals surface area contributed by atoms with Gasteiger partial charge in [-0.2, -0.15) is 0 Å². The lowest BCUT2D eigenvalue weighted by Gasteiger charge is -2.28. The van der Waals surface area contributed by atoms with E-state index in [0.29, 0.717) is 0 Å². The number of hydrogen-bond acceptors (Lipinski definition) is 1. The molecule has 0 saturated heterocycles. The maximum absolute atomic E-state index is 2.32. The summed E-state index contributed by atoms with van der Waals surface area (Å²) in [4.78, 5) is 2.27. The van der Waals surface area contributed by atoms with E-state index >= 15 is 0 Å². The minimum atomic E-state index is 0. The van der Waals surface area contributed by atoms with Gasteiger partial charge in [0.2, 0.25) is 0 Å². The van der Waals surface area contributed by atoms with Crippen LogP contribution < -0.4 is 17.0 Å². The Balaban J connectivity index is 0. The highest BCUT2D eigenvalue weighted by atomic mass is 79.9. The molecule has 0 bridgehead atoms. The molecule has 0 fully saturated rings. The Hall–Kier alpha value is 0.400. The number of quaternary nitrogens is 1. The first kappa shape index (κ1) is 17.8. The maximum atomic E-state index is 2.32. The Kier molecular flexibility index (Phi) is 11.4. The Morgan fingerprint density at radius 3 is 1.93 bits per heavy atom. The van der Waals surface area contributed by atoms with Gasteiger partial charge in [-0.05, 0) is 46.8 Å². The molecular weight excluding hydrogens is 252 g/mol. The van der Waals surface area contributed by atoms with Gasteiger partial charge in [0.05, 0.1) is 27.2 Å². The molecule has 0 aliphatic rings. The first-order chi connectivity index (χ1) is 6.48. The van der Waals surface area contributed by atoms with Gasteiger partial charge < -0.3 is 26.4 Å². The molecule has 3 heteroatoms. The molecule has 0 radical (unpaired) electrons. The van der Waals surface area contributed by atoms with Crippen molar-refractivity contribution in [3.05, 3.63) is 0 Å². The van der Waals surface area contributed by atoms with E-state index in [9.17, 15) is 0 Å². The zero-order chi connectivity index (χ0) is 11.0. The summed E-state index contributed by atoms with van der Waals surface area (Å²) < 4.78 is 1.17. The zero-order valence-corrected chi connectivity index (χ0v) is 12.8. The Morgan fingerprint density at radius 2 is 1.47 bits per heavy atom. The van der Waals surface area contributed by atoms with Crippen LogP contribution in [0.25, 0.3) is 0 Å². The van der Waals surface area contributed by atoms with Gasteiger partial charge in [0.1, 0.15) is 0 Å². The van der Waals surface area contributed by atoms with E-state index in [4.69, 9.17) is 0 Å². The van der Waals surface area contributed by atoms with Crippen LogP contribution in [0.3, 0.4) is 0 Å². The van der Waals surface area contributed by atoms with Crippen molar-refractivity contribution in [3.63, 3.8) is 0 Å². The molecule has 0 aliphatic heterocycles. The number of hydrogen-bond donors (Lipinski definition) is 0. The second-order valence-electron chi connectivity index (χ2n) is 5.19. The molecule has 0 atom stereocenters. The Morgan fingerprint density at radius 1 is 0.933 bits per heavy atom. The molecule has 2 nitrogen and oxygen atoms in total. The summed E-state index contributed by atoms with van der Waals surface area (Å²) in [5.41, 5.74) is 0. The minimum absolute atomic E-state index is 0. The highest BCUT2D eigenvalue weighted by molar-refractivity contribution is 4.47. The van der Waals surface area contributed by atoms with Crippen LogP contribution in [0, 0.1) is 0 Å². The van der Waals surface area contributed by atoms with Gasteiger partial charge >= 0.3 is 0 Å². The van der Waals surface area contributed by atoms with Crippen LogP contribution in [0.1, 0.15) is 32.6 Å². The van der Waals surface area contributed by atoms with E-state index in [1.807, 2.05) is 0 Å². The molecule has 0 aromatic heterocycles. The predicted octanol–water partition coefficient (Wildman–Crippen LogP) is -0.791. The first-order valence-electron chi connectivity index (χ1n) is 5.94. The molecule has 0 aromatic carbocycles. The Labute approximate surface area is 107 Å². The number of rotatable bonds is 8. The normalized spacial score (nSPS) is 11.6. The van der Waals surface area contributed by atoms with Crippen LogP contribution >= 0.6 is 0 Å². The van der Waals surface area contributed by atoms with Crippen molar-refractivity contribution in [2.24, 2.45) is 0 Å². The summed E-state index contributed by atoms with van der Waals surface area (Å²) in [6.07, 6.45) is 5.53. The molecule has 0 spiro atoms. The Bertz CT molecular complexity index is 136. The average Bonchev–Trinajstić information content (AvgIpc) is 2.10. The van der Waals surface area contributed by atoms with E-state index < -0.39 is 0 Å². The van der Waals surface area contributed by atoms with E-state index in [-0.39, 0.29) is 17.0 Å². The highest BCUT2D eigenvalue weighted by Crippen LogP contribution is 2.05. The summed E-state index contributed by atoms with van der Waals surface area (Å²) in [7, 11) is 8.94. The lowest BCUT2D eigenvalue weighted by Crippen LogP contribution is -3.00. The van der Waals surface area contributed by atoms with Crippen LogP contribution in [0.5, 0.6) is 0 Å². The smallest absolute Gasteiger partial charge is 0.0782 e. The molecule has 0 unspecified atom stereocenters. The summed E-state index contributed by atoms with van der Waals surface area (Å²) >= 11 is 0. The molecule has 0 aliphatic carbocycles. The lowest BCUT2D eigenvalue weighted by molar-refractivity contribution is -0.888. The second kappa shape index (κ2) is 9.61. The SMILES string of the molecule is CC[N+](C)(C)CCCCCCN(C)C.[Br-]. The molecule has 0 heterocycles. The topological polar surface area (TPSA) is 3.24 Å². The van der Waals surface area contributed by atoms with Gasteiger partial charge in [-0.1, -0.05) is 6.42 Å². The second-order valence-corrected chi connectivity index (χ2v) is 5.19. The first-order valence-corrected chi connectivity index (χ1v) is 5.94. The van der Waals surface area contributed by atoms with E-state index in [2.05, 4.69) is 40.0 Å². The van der Waals surface area contributed by atoms with Crippen molar-refractivity contribution in [1.29, 1.82) is 0 Å². The van der Waals surface area contributed by atoms with Gasteiger partial charge in [-0.3, -0.25) is 0 Å². The quantitative estimate of drug-likeness (QED) is 0.416. The minimum Gasteiger partial charge on any atom is -1.00 e. The fourth-order valence-electron chi connectivity index (χ4n) is 1.48.